The predicted octanol–water partition coefficient (Wildman–Crippen LogP) is 5.18. The number of hydrogen-bond donors (Lipinski definition) is 1. The summed E-state index contributed by atoms with van der Waals surface area (Å²) in [7, 11) is -2.08. The van der Waals surface area contributed by atoms with E-state index < -0.39 is 15.9 Å². The van der Waals surface area contributed by atoms with E-state index in [2.05, 4.69) is 5.32 Å². The fraction of sp³-hybridized carbons (Fsp3) is 0.240. The summed E-state index contributed by atoms with van der Waals surface area (Å²) in [5, 5.41) is 3.32. The van der Waals surface area contributed by atoms with Gasteiger partial charge in [0.05, 0.1) is 23.6 Å². The molecule has 0 aliphatic carbocycles. The van der Waals surface area contributed by atoms with Crippen molar-refractivity contribution in [1.29, 1.82) is 0 Å². The maximum absolute atomic E-state index is 13.1. The number of amides is 1. The monoisotopic (exact) mass is 500 g/mol. The van der Waals surface area contributed by atoms with Crippen LogP contribution in [0, 0.1) is 5.92 Å². The van der Waals surface area contributed by atoms with E-state index in [4.69, 9.17) is 21.1 Å². The maximum atomic E-state index is 13.1. The largest absolute Gasteiger partial charge is 0.497 e. The van der Waals surface area contributed by atoms with Crippen LogP contribution in [0.5, 0.6) is 17.2 Å². The number of piperidine rings is 1. The Kier molecular flexibility index (Phi) is 7.41. The summed E-state index contributed by atoms with van der Waals surface area (Å²) in [5.74, 6) is 0.906. The number of nitrogens with one attached hydrogen (secondary N) is 1. The number of hydrogen-bond acceptors (Lipinski definition) is 5. The van der Waals surface area contributed by atoms with Crippen molar-refractivity contribution >= 4 is 33.2 Å². The Balaban J connectivity index is 1.49. The first-order valence-electron chi connectivity index (χ1n) is 10.8. The lowest BCUT2D eigenvalue weighted by Gasteiger charge is -2.31. The van der Waals surface area contributed by atoms with Gasteiger partial charge >= 0.3 is 0 Å². The van der Waals surface area contributed by atoms with Crippen molar-refractivity contribution < 1.29 is 22.7 Å². The molecule has 1 N–H and O–H groups in total. The van der Waals surface area contributed by atoms with Gasteiger partial charge in [-0.2, -0.15) is 4.31 Å². The normalized spacial score (nSPS) is 16.6. The molecule has 0 bridgehead atoms. The van der Waals surface area contributed by atoms with Crippen LogP contribution in [0.15, 0.2) is 77.7 Å². The molecule has 1 amide bonds. The smallest absolute Gasteiger partial charge is 0.243 e. The minimum atomic E-state index is -3.67. The quantitative estimate of drug-likeness (QED) is 0.483. The van der Waals surface area contributed by atoms with E-state index in [-0.39, 0.29) is 17.3 Å². The highest BCUT2D eigenvalue weighted by molar-refractivity contribution is 7.89. The number of methoxy groups -OCH3 is 1. The number of benzene rings is 3. The zero-order chi connectivity index (χ0) is 24.1. The van der Waals surface area contributed by atoms with Gasteiger partial charge in [0.25, 0.3) is 0 Å². The van der Waals surface area contributed by atoms with Crippen molar-refractivity contribution in [3.8, 4) is 17.2 Å². The minimum Gasteiger partial charge on any atom is -0.497 e. The van der Waals surface area contributed by atoms with Crippen molar-refractivity contribution in [2.24, 2.45) is 5.92 Å². The molecule has 0 saturated carbocycles. The third kappa shape index (κ3) is 5.52. The molecule has 1 unspecified atom stereocenters. The molecule has 1 heterocycles. The van der Waals surface area contributed by atoms with E-state index in [1.807, 2.05) is 0 Å². The first-order chi connectivity index (χ1) is 16.4. The number of carbonyl (C=O) groups is 1. The van der Waals surface area contributed by atoms with Gasteiger partial charge in [0.2, 0.25) is 15.9 Å². The molecule has 7 nitrogen and oxygen atoms in total. The van der Waals surface area contributed by atoms with Gasteiger partial charge in [0, 0.05) is 18.1 Å². The lowest BCUT2D eigenvalue weighted by Crippen LogP contribution is -2.43. The van der Waals surface area contributed by atoms with E-state index in [0.717, 1.165) is 0 Å². The molecule has 1 aliphatic rings. The number of carbonyl (C=O) groups excluding carboxylic acids is 1. The molecular weight excluding hydrogens is 476 g/mol. The van der Waals surface area contributed by atoms with Crippen LogP contribution in [0.25, 0.3) is 0 Å². The Morgan fingerprint density at radius 1 is 1.03 bits per heavy atom. The minimum absolute atomic E-state index is 0.109. The molecule has 1 aliphatic heterocycles. The van der Waals surface area contributed by atoms with Crippen molar-refractivity contribution in [3.63, 3.8) is 0 Å². The number of ether oxygens (including phenoxy) is 2. The molecule has 0 radical (unpaired) electrons. The average Bonchev–Trinajstić information content (AvgIpc) is 2.86. The second-order valence-corrected chi connectivity index (χ2v) is 10.3. The lowest BCUT2D eigenvalue weighted by atomic mass is 9.98. The van der Waals surface area contributed by atoms with Crippen molar-refractivity contribution in [1.82, 2.24) is 4.31 Å². The summed E-state index contributed by atoms with van der Waals surface area (Å²) in [6.45, 7) is 0.488. The Bertz CT molecular complexity index is 1250. The van der Waals surface area contributed by atoms with Crippen molar-refractivity contribution in [2.75, 3.05) is 25.5 Å². The van der Waals surface area contributed by atoms with Gasteiger partial charge in [-0.25, -0.2) is 8.42 Å². The molecule has 34 heavy (non-hydrogen) atoms. The first kappa shape index (κ1) is 24.1. The number of sulfonamides is 1. The van der Waals surface area contributed by atoms with Crippen LogP contribution in [0.2, 0.25) is 5.02 Å². The first-order valence-corrected chi connectivity index (χ1v) is 12.7. The molecule has 1 saturated heterocycles. The molecular formula is C25H25ClN2O5S. The van der Waals surface area contributed by atoms with E-state index in [9.17, 15) is 13.2 Å². The molecule has 4 rings (SSSR count). The second kappa shape index (κ2) is 10.5. The summed E-state index contributed by atoms with van der Waals surface area (Å²) < 4.78 is 38.5. The van der Waals surface area contributed by atoms with Crippen molar-refractivity contribution in [2.45, 2.75) is 17.7 Å². The van der Waals surface area contributed by atoms with Crippen LogP contribution in [0.4, 0.5) is 5.69 Å². The van der Waals surface area contributed by atoms with Gasteiger partial charge in [0.15, 0.2) is 5.75 Å². The molecule has 1 atom stereocenters. The van der Waals surface area contributed by atoms with E-state index in [0.29, 0.717) is 47.3 Å². The van der Waals surface area contributed by atoms with Crippen molar-refractivity contribution in [3.05, 3.63) is 77.8 Å². The third-order valence-corrected chi connectivity index (χ3v) is 7.74. The van der Waals surface area contributed by atoms with Gasteiger partial charge in [0.1, 0.15) is 11.5 Å². The Morgan fingerprint density at radius 2 is 1.74 bits per heavy atom. The summed E-state index contributed by atoms with van der Waals surface area (Å²) in [5.41, 5.74) is 0.413. The van der Waals surface area contributed by atoms with Gasteiger partial charge < -0.3 is 14.8 Å². The molecule has 1 fully saturated rings. The molecule has 0 aromatic heterocycles. The van der Waals surface area contributed by atoms with Gasteiger partial charge in [-0.3, -0.25) is 4.79 Å². The fourth-order valence-corrected chi connectivity index (χ4v) is 5.53. The number of halogens is 1. The molecule has 0 spiro atoms. The Labute approximate surface area is 204 Å². The highest BCUT2D eigenvalue weighted by Crippen LogP contribution is 2.34. The zero-order valence-electron chi connectivity index (χ0n) is 18.6. The van der Waals surface area contributed by atoms with Crippen LogP contribution in [0.3, 0.4) is 0 Å². The SMILES string of the molecule is COc1ccc(Oc2ccc(Cl)cc2NC(=O)C2CCCN(S(=O)(=O)c3ccccc3)C2)cc1. The second-order valence-electron chi connectivity index (χ2n) is 7.92. The molecule has 9 heteroatoms. The Hall–Kier alpha value is -3.07. The van der Waals surface area contributed by atoms with Crippen LogP contribution in [-0.4, -0.2) is 38.8 Å². The van der Waals surface area contributed by atoms with Crippen LogP contribution >= 0.6 is 11.6 Å². The third-order valence-electron chi connectivity index (χ3n) is 5.62. The molecule has 3 aromatic rings. The van der Waals surface area contributed by atoms with E-state index in [1.165, 1.54) is 4.31 Å². The number of rotatable bonds is 7. The highest BCUT2D eigenvalue weighted by atomic mass is 35.5. The summed E-state index contributed by atoms with van der Waals surface area (Å²) >= 11 is 6.17. The van der Waals surface area contributed by atoms with Gasteiger partial charge in [-0.1, -0.05) is 29.8 Å². The molecule has 178 valence electrons. The fourth-order valence-electron chi connectivity index (χ4n) is 3.81. The van der Waals surface area contributed by atoms with Crippen LogP contribution in [0.1, 0.15) is 12.8 Å². The number of anilines is 1. The van der Waals surface area contributed by atoms with Crippen LogP contribution in [-0.2, 0) is 14.8 Å². The number of nitrogens with zero attached hydrogens (tertiary/aromatic N) is 1. The average molecular weight is 501 g/mol. The summed E-state index contributed by atoms with van der Waals surface area (Å²) in [6.07, 6.45) is 1.18. The van der Waals surface area contributed by atoms with E-state index >= 15 is 0 Å². The molecule has 3 aromatic carbocycles. The van der Waals surface area contributed by atoms with Gasteiger partial charge in [-0.15, -0.1) is 0 Å². The predicted molar refractivity (Wildman–Crippen MR) is 131 cm³/mol. The Morgan fingerprint density at radius 3 is 2.44 bits per heavy atom. The zero-order valence-corrected chi connectivity index (χ0v) is 20.2. The standard InChI is InChI=1S/C25H25ClN2O5S/c1-32-20-10-12-21(13-11-20)33-24-14-9-19(26)16-23(24)27-25(29)18-6-5-15-28(17-18)34(30,31)22-7-3-2-4-8-22/h2-4,7-14,16,18H,5-6,15,17H2,1H3,(H,27,29). The topological polar surface area (TPSA) is 84.9 Å². The van der Waals surface area contributed by atoms with Crippen LogP contribution < -0.4 is 14.8 Å². The maximum Gasteiger partial charge on any atom is 0.243 e. The highest BCUT2D eigenvalue weighted by Gasteiger charge is 2.33. The van der Waals surface area contributed by atoms with E-state index in [1.54, 1.807) is 79.9 Å². The lowest BCUT2D eigenvalue weighted by molar-refractivity contribution is -0.120. The summed E-state index contributed by atoms with van der Waals surface area (Å²) in [6, 6.07) is 20.3. The van der Waals surface area contributed by atoms with Gasteiger partial charge in [-0.05, 0) is 67.4 Å². The summed E-state index contributed by atoms with van der Waals surface area (Å²) in [4.78, 5) is 13.4.